The first-order chi connectivity index (χ1) is 11.0. The summed E-state index contributed by atoms with van der Waals surface area (Å²) in [5, 5.41) is 2.61. The van der Waals surface area contributed by atoms with Gasteiger partial charge in [0.05, 0.1) is 14.2 Å². The third-order valence-electron chi connectivity index (χ3n) is 3.08. The number of nitrogens with one attached hydrogen (secondary N) is 1. The number of methoxy groups -OCH3 is 2. The Morgan fingerprint density at radius 3 is 2.17 bits per heavy atom. The first-order valence-corrected chi connectivity index (χ1v) is 6.94. The van der Waals surface area contributed by atoms with Crippen LogP contribution < -0.4 is 19.5 Å². The smallest absolute Gasteiger partial charge is 0.262 e. The highest BCUT2D eigenvalue weighted by molar-refractivity contribution is 5.91. The van der Waals surface area contributed by atoms with E-state index in [1.165, 1.54) is 38.5 Å². The Morgan fingerprint density at radius 2 is 1.65 bits per heavy atom. The first kappa shape index (κ1) is 16.6. The van der Waals surface area contributed by atoms with Crippen molar-refractivity contribution in [2.24, 2.45) is 0 Å². The molecule has 0 atom stereocenters. The summed E-state index contributed by atoms with van der Waals surface area (Å²) in [6, 6.07) is 9.05. The fourth-order valence-corrected chi connectivity index (χ4v) is 2.02. The summed E-state index contributed by atoms with van der Waals surface area (Å²) >= 11 is 0. The molecule has 2 rings (SSSR count). The summed E-state index contributed by atoms with van der Waals surface area (Å²) in [6.45, 7) is 1.67. The average molecular weight is 319 g/mol. The predicted octanol–water partition coefficient (Wildman–Crippen LogP) is 3.17. The van der Waals surface area contributed by atoms with E-state index in [1.54, 1.807) is 12.1 Å². The molecule has 0 fully saturated rings. The van der Waals surface area contributed by atoms with Crippen molar-refractivity contribution >= 4 is 11.6 Å². The van der Waals surface area contributed by atoms with E-state index < -0.39 is 0 Å². The molecule has 5 nitrogen and oxygen atoms in total. The van der Waals surface area contributed by atoms with Gasteiger partial charge in [-0.15, -0.1) is 0 Å². The molecular weight excluding hydrogens is 301 g/mol. The van der Waals surface area contributed by atoms with Gasteiger partial charge in [0.1, 0.15) is 5.82 Å². The van der Waals surface area contributed by atoms with E-state index in [0.717, 1.165) is 5.56 Å². The van der Waals surface area contributed by atoms with E-state index in [1.807, 2.05) is 6.92 Å². The number of anilines is 1. The van der Waals surface area contributed by atoms with Crippen LogP contribution >= 0.6 is 0 Å². The van der Waals surface area contributed by atoms with E-state index in [0.29, 0.717) is 22.9 Å². The second kappa shape index (κ2) is 7.49. The largest absolute Gasteiger partial charge is 0.493 e. The van der Waals surface area contributed by atoms with Crippen LogP contribution in [-0.4, -0.2) is 26.7 Å². The van der Waals surface area contributed by atoms with Crippen LogP contribution in [0.2, 0.25) is 0 Å². The third kappa shape index (κ3) is 4.35. The number of rotatable bonds is 6. The van der Waals surface area contributed by atoms with Crippen molar-refractivity contribution in [1.29, 1.82) is 0 Å². The van der Waals surface area contributed by atoms with Gasteiger partial charge in [0.2, 0.25) is 5.75 Å². The van der Waals surface area contributed by atoms with Crippen molar-refractivity contribution in [2.75, 3.05) is 26.1 Å². The van der Waals surface area contributed by atoms with Crippen LogP contribution in [0.4, 0.5) is 10.1 Å². The lowest BCUT2D eigenvalue weighted by Crippen LogP contribution is -2.20. The average Bonchev–Trinajstić information content (AvgIpc) is 2.54. The van der Waals surface area contributed by atoms with Gasteiger partial charge in [0.15, 0.2) is 18.1 Å². The van der Waals surface area contributed by atoms with Crippen molar-refractivity contribution in [1.82, 2.24) is 0 Å². The molecule has 0 unspecified atom stereocenters. The Morgan fingerprint density at radius 1 is 1.09 bits per heavy atom. The molecule has 1 amide bonds. The quantitative estimate of drug-likeness (QED) is 0.888. The lowest BCUT2D eigenvalue weighted by atomic mass is 10.2. The summed E-state index contributed by atoms with van der Waals surface area (Å²) in [7, 11) is 3.03. The van der Waals surface area contributed by atoms with Gasteiger partial charge in [-0.05, 0) is 48.9 Å². The van der Waals surface area contributed by atoms with Crippen LogP contribution in [0.3, 0.4) is 0 Å². The van der Waals surface area contributed by atoms with Gasteiger partial charge < -0.3 is 19.5 Å². The predicted molar refractivity (Wildman–Crippen MR) is 84.8 cm³/mol. The highest BCUT2D eigenvalue weighted by Gasteiger charge is 2.14. The summed E-state index contributed by atoms with van der Waals surface area (Å²) in [5.74, 6) is 0.581. The van der Waals surface area contributed by atoms with Crippen LogP contribution in [-0.2, 0) is 4.79 Å². The van der Waals surface area contributed by atoms with Crippen molar-refractivity contribution in [3.05, 3.63) is 47.8 Å². The number of amides is 1. The van der Waals surface area contributed by atoms with E-state index >= 15 is 0 Å². The minimum absolute atomic E-state index is 0.229. The highest BCUT2D eigenvalue weighted by atomic mass is 19.1. The first-order valence-electron chi connectivity index (χ1n) is 6.94. The van der Waals surface area contributed by atoms with Gasteiger partial charge in [-0.25, -0.2) is 4.39 Å². The maximum absolute atomic E-state index is 12.8. The minimum atomic E-state index is -0.374. The lowest BCUT2D eigenvalue weighted by molar-refractivity contribution is -0.118. The number of carbonyl (C=O) groups is 1. The van der Waals surface area contributed by atoms with Gasteiger partial charge in [-0.1, -0.05) is 0 Å². The molecule has 2 aromatic rings. The molecule has 0 heterocycles. The molecule has 0 aromatic heterocycles. The van der Waals surface area contributed by atoms with Crippen LogP contribution in [0.5, 0.6) is 17.2 Å². The van der Waals surface area contributed by atoms with Gasteiger partial charge in [-0.2, -0.15) is 0 Å². The molecule has 0 bridgehead atoms. The van der Waals surface area contributed by atoms with E-state index in [4.69, 9.17) is 14.2 Å². The molecule has 0 radical (unpaired) electrons. The summed E-state index contributed by atoms with van der Waals surface area (Å²) in [6.07, 6.45) is 0. The van der Waals surface area contributed by atoms with E-state index in [9.17, 15) is 9.18 Å². The Hall–Kier alpha value is -2.76. The van der Waals surface area contributed by atoms with Crippen molar-refractivity contribution in [3.63, 3.8) is 0 Å². The summed E-state index contributed by atoms with van der Waals surface area (Å²) in [5.41, 5.74) is 1.43. The van der Waals surface area contributed by atoms with E-state index in [2.05, 4.69) is 5.32 Å². The number of ether oxygens (including phenoxy) is 3. The van der Waals surface area contributed by atoms with Crippen molar-refractivity contribution < 1.29 is 23.4 Å². The molecule has 6 heteroatoms. The van der Waals surface area contributed by atoms with Crippen molar-refractivity contribution in [2.45, 2.75) is 6.92 Å². The van der Waals surface area contributed by atoms with Crippen molar-refractivity contribution in [3.8, 4) is 17.2 Å². The second-order valence-electron chi connectivity index (χ2n) is 4.84. The van der Waals surface area contributed by atoms with Crippen LogP contribution in [0.1, 0.15) is 5.56 Å². The molecule has 0 aliphatic carbocycles. The van der Waals surface area contributed by atoms with Gasteiger partial charge in [-0.3, -0.25) is 4.79 Å². The molecule has 2 aromatic carbocycles. The Bertz CT molecular complexity index is 660. The molecule has 0 saturated carbocycles. The third-order valence-corrected chi connectivity index (χ3v) is 3.08. The van der Waals surface area contributed by atoms with Gasteiger partial charge >= 0.3 is 0 Å². The molecule has 0 spiro atoms. The Kier molecular flexibility index (Phi) is 5.41. The maximum Gasteiger partial charge on any atom is 0.262 e. The fourth-order valence-electron chi connectivity index (χ4n) is 2.02. The zero-order valence-electron chi connectivity index (χ0n) is 13.2. The molecular formula is C17H18FNO4. The number of aryl methyl sites for hydroxylation is 1. The zero-order valence-corrected chi connectivity index (χ0v) is 13.2. The minimum Gasteiger partial charge on any atom is -0.493 e. The standard InChI is InChI=1S/C17H18FNO4/c1-11-8-14(21-2)17(15(9-11)22-3)23-10-16(20)19-13-6-4-12(18)5-7-13/h4-9H,10H2,1-3H3,(H,19,20). The number of carbonyl (C=O) groups excluding carboxylic acids is 1. The Labute approximate surface area is 134 Å². The van der Waals surface area contributed by atoms with Crippen LogP contribution in [0, 0.1) is 12.7 Å². The number of hydrogen-bond acceptors (Lipinski definition) is 4. The summed E-state index contributed by atoms with van der Waals surface area (Å²) < 4.78 is 28.9. The number of halogens is 1. The number of hydrogen-bond donors (Lipinski definition) is 1. The van der Waals surface area contributed by atoms with Crippen LogP contribution in [0.25, 0.3) is 0 Å². The maximum atomic E-state index is 12.8. The molecule has 0 aliphatic rings. The molecule has 1 N–H and O–H groups in total. The molecule has 0 saturated heterocycles. The van der Waals surface area contributed by atoms with Gasteiger partial charge in [0, 0.05) is 5.69 Å². The SMILES string of the molecule is COc1cc(C)cc(OC)c1OCC(=O)Nc1ccc(F)cc1. The molecule has 0 aliphatic heterocycles. The van der Waals surface area contributed by atoms with Crippen LogP contribution in [0.15, 0.2) is 36.4 Å². The molecule has 23 heavy (non-hydrogen) atoms. The molecule has 122 valence electrons. The fraction of sp³-hybridized carbons (Fsp3) is 0.235. The Balaban J connectivity index is 2.05. The second-order valence-corrected chi connectivity index (χ2v) is 4.84. The normalized spacial score (nSPS) is 10.1. The monoisotopic (exact) mass is 319 g/mol. The highest BCUT2D eigenvalue weighted by Crippen LogP contribution is 2.38. The topological polar surface area (TPSA) is 56.8 Å². The van der Waals surface area contributed by atoms with Gasteiger partial charge in [0.25, 0.3) is 5.91 Å². The lowest BCUT2D eigenvalue weighted by Gasteiger charge is -2.15. The van der Waals surface area contributed by atoms with E-state index in [-0.39, 0.29) is 18.3 Å². The summed E-state index contributed by atoms with van der Waals surface area (Å²) in [4.78, 5) is 11.9. The number of benzene rings is 2. The zero-order chi connectivity index (χ0) is 16.8.